The summed E-state index contributed by atoms with van der Waals surface area (Å²) in [5.74, 6) is -1.97. The summed E-state index contributed by atoms with van der Waals surface area (Å²) in [6.45, 7) is 1.41. The molecule has 1 aliphatic rings. The Bertz CT molecular complexity index is 1240. The molecule has 158 valence electrons. The van der Waals surface area contributed by atoms with Crippen molar-refractivity contribution in [2.75, 3.05) is 11.5 Å². The second-order valence-electron chi connectivity index (χ2n) is 7.39. The molecule has 0 saturated carbocycles. The SMILES string of the molecule is Cc1c(C(=O)N(Cc2c(F)cccc2Cl)[C@@H]2CCS(=O)(=O)C2)oc2ccc(F)cc12. The predicted octanol–water partition coefficient (Wildman–Crippen LogP) is 4.50. The van der Waals surface area contributed by atoms with Gasteiger partial charge in [0.2, 0.25) is 0 Å². The molecule has 2 aromatic carbocycles. The first-order valence-electron chi connectivity index (χ1n) is 9.29. The van der Waals surface area contributed by atoms with E-state index in [1.54, 1.807) is 6.92 Å². The molecule has 0 aliphatic carbocycles. The van der Waals surface area contributed by atoms with Crippen LogP contribution in [0.4, 0.5) is 8.78 Å². The minimum absolute atomic E-state index is 0.0349. The van der Waals surface area contributed by atoms with E-state index in [0.717, 1.165) is 0 Å². The van der Waals surface area contributed by atoms with Crippen LogP contribution < -0.4 is 0 Å². The second kappa shape index (κ2) is 7.67. The molecular weight excluding hydrogens is 436 g/mol. The number of carbonyl (C=O) groups excluding carboxylic acids is 1. The number of sulfone groups is 1. The van der Waals surface area contributed by atoms with Gasteiger partial charge in [0.05, 0.1) is 18.1 Å². The van der Waals surface area contributed by atoms with Crippen molar-refractivity contribution in [1.29, 1.82) is 0 Å². The number of rotatable bonds is 4. The van der Waals surface area contributed by atoms with Gasteiger partial charge >= 0.3 is 0 Å². The first kappa shape index (κ1) is 20.8. The highest BCUT2D eigenvalue weighted by molar-refractivity contribution is 7.91. The van der Waals surface area contributed by atoms with E-state index in [4.69, 9.17) is 16.0 Å². The van der Waals surface area contributed by atoms with Crippen molar-refractivity contribution < 1.29 is 26.4 Å². The highest BCUT2D eigenvalue weighted by Crippen LogP contribution is 2.31. The highest BCUT2D eigenvalue weighted by atomic mass is 35.5. The van der Waals surface area contributed by atoms with Gasteiger partial charge in [-0.25, -0.2) is 17.2 Å². The number of nitrogens with zero attached hydrogens (tertiary/aromatic N) is 1. The molecule has 1 aliphatic heterocycles. The normalized spacial score (nSPS) is 18.1. The Labute approximate surface area is 177 Å². The number of halogens is 3. The number of aryl methyl sites for hydroxylation is 1. The largest absolute Gasteiger partial charge is 0.451 e. The van der Waals surface area contributed by atoms with Gasteiger partial charge in [-0.1, -0.05) is 17.7 Å². The van der Waals surface area contributed by atoms with Crippen molar-refractivity contribution in [3.05, 3.63) is 69.9 Å². The van der Waals surface area contributed by atoms with E-state index in [2.05, 4.69) is 0 Å². The van der Waals surface area contributed by atoms with Crippen molar-refractivity contribution in [3.63, 3.8) is 0 Å². The zero-order chi connectivity index (χ0) is 21.6. The van der Waals surface area contributed by atoms with E-state index in [-0.39, 0.29) is 40.8 Å². The molecule has 1 amide bonds. The van der Waals surface area contributed by atoms with Crippen LogP contribution in [0, 0.1) is 18.6 Å². The van der Waals surface area contributed by atoms with Crippen molar-refractivity contribution in [3.8, 4) is 0 Å². The summed E-state index contributed by atoms with van der Waals surface area (Å²) in [6, 6.07) is 7.44. The molecule has 0 radical (unpaired) electrons. The molecule has 1 atom stereocenters. The molecule has 9 heteroatoms. The maximum absolute atomic E-state index is 14.4. The summed E-state index contributed by atoms with van der Waals surface area (Å²) in [6.07, 6.45) is 0.230. The molecule has 1 aromatic heterocycles. The molecule has 4 rings (SSSR count). The summed E-state index contributed by atoms with van der Waals surface area (Å²) in [5.41, 5.74) is 0.858. The fourth-order valence-electron chi connectivity index (χ4n) is 3.77. The number of furan rings is 1. The van der Waals surface area contributed by atoms with Gasteiger partial charge in [0.25, 0.3) is 5.91 Å². The Kier molecular flexibility index (Phi) is 5.32. The first-order valence-corrected chi connectivity index (χ1v) is 11.5. The smallest absolute Gasteiger partial charge is 0.290 e. The molecule has 5 nitrogen and oxygen atoms in total. The molecular formula is C21H18ClF2NO4S. The summed E-state index contributed by atoms with van der Waals surface area (Å²) in [7, 11) is -3.31. The van der Waals surface area contributed by atoms with Crippen LogP contribution in [0.15, 0.2) is 40.8 Å². The fourth-order valence-corrected chi connectivity index (χ4v) is 5.72. The van der Waals surface area contributed by atoms with Crippen molar-refractivity contribution in [2.24, 2.45) is 0 Å². The monoisotopic (exact) mass is 453 g/mol. The average molecular weight is 454 g/mol. The molecule has 0 N–H and O–H groups in total. The molecule has 1 saturated heterocycles. The van der Waals surface area contributed by atoms with Gasteiger partial charge in [0.1, 0.15) is 17.2 Å². The Morgan fingerprint density at radius 3 is 2.70 bits per heavy atom. The lowest BCUT2D eigenvalue weighted by Gasteiger charge is -2.28. The quantitative estimate of drug-likeness (QED) is 0.583. The number of fused-ring (bicyclic) bond motifs is 1. The fraction of sp³-hybridized carbons (Fsp3) is 0.286. The number of hydrogen-bond donors (Lipinski definition) is 0. The molecule has 0 spiro atoms. The summed E-state index contributed by atoms with van der Waals surface area (Å²) < 4.78 is 57.8. The minimum atomic E-state index is -3.31. The highest BCUT2D eigenvalue weighted by Gasteiger charge is 2.37. The Balaban J connectivity index is 1.77. The van der Waals surface area contributed by atoms with Gasteiger partial charge in [-0.3, -0.25) is 4.79 Å². The predicted molar refractivity (Wildman–Crippen MR) is 109 cm³/mol. The van der Waals surface area contributed by atoms with E-state index in [1.165, 1.54) is 41.3 Å². The minimum Gasteiger partial charge on any atom is -0.451 e. The van der Waals surface area contributed by atoms with Gasteiger partial charge in [0, 0.05) is 27.6 Å². The van der Waals surface area contributed by atoms with E-state index in [1.807, 2.05) is 0 Å². The van der Waals surface area contributed by atoms with Gasteiger partial charge in [-0.15, -0.1) is 0 Å². The van der Waals surface area contributed by atoms with Crippen molar-refractivity contribution in [2.45, 2.75) is 25.9 Å². The van der Waals surface area contributed by atoms with Crippen LogP contribution in [0.3, 0.4) is 0 Å². The molecule has 0 bridgehead atoms. The summed E-state index contributed by atoms with van der Waals surface area (Å²) in [4.78, 5) is 14.7. The number of amides is 1. The van der Waals surface area contributed by atoms with Crippen LogP contribution in [0.5, 0.6) is 0 Å². The zero-order valence-corrected chi connectivity index (χ0v) is 17.6. The third-order valence-electron chi connectivity index (χ3n) is 5.39. The number of hydrogen-bond acceptors (Lipinski definition) is 4. The topological polar surface area (TPSA) is 67.6 Å². The molecule has 0 unspecified atom stereocenters. The van der Waals surface area contributed by atoms with Gasteiger partial charge in [0.15, 0.2) is 15.6 Å². The third kappa shape index (κ3) is 3.81. The Morgan fingerprint density at radius 2 is 2.03 bits per heavy atom. The van der Waals surface area contributed by atoms with Gasteiger partial charge in [-0.05, 0) is 43.7 Å². The van der Waals surface area contributed by atoms with Gasteiger partial charge < -0.3 is 9.32 Å². The van der Waals surface area contributed by atoms with Crippen molar-refractivity contribution in [1.82, 2.24) is 4.90 Å². The standard InChI is InChI=1S/C21H18ClF2NO4S/c1-12-15-9-13(23)5-6-19(15)29-20(12)21(26)25(14-7-8-30(27,28)11-14)10-16-17(22)3-2-4-18(16)24/h2-6,9,14H,7-8,10-11H2,1H3/t14-/m1/s1. The maximum atomic E-state index is 14.4. The van der Waals surface area contributed by atoms with E-state index >= 15 is 0 Å². The first-order chi connectivity index (χ1) is 14.2. The van der Waals surface area contributed by atoms with Crippen molar-refractivity contribution >= 4 is 38.3 Å². The van der Waals surface area contributed by atoms with E-state index in [9.17, 15) is 22.0 Å². The lowest BCUT2D eigenvalue weighted by molar-refractivity contribution is 0.0647. The van der Waals surface area contributed by atoms with E-state index in [0.29, 0.717) is 16.5 Å². The molecule has 1 fully saturated rings. The van der Waals surface area contributed by atoms with Crippen LogP contribution in [-0.4, -0.2) is 36.8 Å². The molecule has 2 heterocycles. The summed E-state index contributed by atoms with van der Waals surface area (Å²) >= 11 is 6.14. The van der Waals surface area contributed by atoms with Crippen LogP contribution in [-0.2, 0) is 16.4 Å². The second-order valence-corrected chi connectivity index (χ2v) is 10.0. The lowest BCUT2D eigenvalue weighted by atomic mass is 10.1. The third-order valence-corrected chi connectivity index (χ3v) is 7.50. The van der Waals surface area contributed by atoms with Crippen LogP contribution >= 0.6 is 11.6 Å². The van der Waals surface area contributed by atoms with Crippen LogP contribution in [0.25, 0.3) is 11.0 Å². The number of carbonyl (C=O) groups is 1. The summed E-state index contributed by atoms with van der Waals surface area (Å²) in [5, 5.41) is 0.582. The van der Waals surface area contributed by atoms with Gasteiger partial charge in [-0.2, -0.15) is 0 Å². The molecule has 3 aromatic rings. The van der Waals surface area contributed by atoms with Crippen LogP contribution in [0.2, 0.25) is 5.02 Å². The lowest BCUT2D eigenvalue weighted by Crippen LogP contribution is -2.41. The van der Waals surface area contributed by atoms with E-state index < -0.39 is 33.4 Å². The zero-order valence-electron chi connectivity index (χ0n) is 16.0. The Hall–Kier alpha value is -2.45. The average Bonchev–Trinajstić information content (AvgIpc) is 3.20. The van der Waals surface area contributed by atoms with Crippen LogP contribution in [0.1, 0.15) is 28.1 Å². The molecule has 30 heavy (non-hydrogen) atoms. The number of benzene rings is 2. The Morgan fingerprint density at radius 1 is 1.27 bits per heavy atom. The maximum Gasteiger partial charge on any atom is 0.290 e.